The second-order valence-electron chi connectivity index (χ2n) is 5.01. The molecule has 6 nitrogen and oxygen atoms in total. The highest BCUT2D eigenvalue weighted by molar-refractivity contribution is 6.31. The van der Waals surface area contributed by atoms with Gasteiger partial charge in [0.05, 0.1) is 17.8 Å². The van der Waals surface area contributed by atoms with E-state index in [0.29, 0.717) is 21.8 Å². The van der Waals surface area contributed by atoms with Crippen LogP contribution in [0.1, 0.15) is 10.4 Å². The summed E-state index contributed by atoms with van der Waals surface area (Å²) in [5.74, 6) is -0.250. The Bertz CT molecular complexity index is 928. The fraction of sp³-hybridized carbons (Fsp3) is 0.125. The molecule has 0 fully saturated rings. The minimum Gasteiger partial charge on any atom is -0.319 e. The van der Waals surface area contributed by atoms with E-state index in [9.17, 15) is 9.59 Å². The van der Waals surface area contributed by atoms with E-state index in [2.05, 4.69) is 4.98 Å². The third kappa shape index (κ3) is 2.86. The van der Waals surface area contributed by atoms with Gasteiger partial charge in [0.15, 0.2) is 0 Å². The fourth-order valence-electron chi connectivity index (χ4n) is 2.30. The van der Waals surface area contributed by atoms with Crippen molar-refractivity contribution in [2.24, 2.45) is 0 Å². The van der Waals surface area contributed by atoms with Gasteiger partial charge in [-0.3, -0.25) is 14.4 Å². The Hall–Kier alpha value is -2.57. The predicted molar refractivity (Wildman–Crippen MR) is 87.6 cm³/mol. The minimum atomic E-state index is -0.250. The lowest BCUT2D eigenvalue weighted by Crippen LogP contribution is -2.25. The van der Waals surface area contributed by atoms with Crippen LogP contribution in [0, 0.1) is 0 Å². The number of nitrogens with one attached hydrogen (secondary N) is 1. The zero-order chi connectivity index (χ0) is 16.6. The fourth-order valence-corrected chi connectivity index (χ4v) is 2.50. The van der Waals surface area contributed by atoms with Crippen molar-refractivity contribution >= 4 is 23.0 Å². The third-order valence-electron chi connectivity index (χ3n) is 3.57. The molecule has 2 heterocycles. The van der Waals surface area contributed by atoms with E-state index >= 15 is 0 Å². The molecule has 0 aliphatic carbocycles. The van der Waals surface area contributed by atoms with Crippen LogP contribution >= 0.6 is 11.6 Å². The van der Waals surface area contributed by atoms with E-state index in [1.165, 1.54) is 14.2 Å². The molecule has 1 aromatic carbocycles. The molecule has 0 aliphatic rings. The van der Waals surface area contributed by atoms with Gasteiger partial charge in [0, 0.05) is 25.0 Å². The number of fused-ring (bicyclic) bond motifs is 1. The van der Waals surface area contributed by atoms with Crippen LogP contribution in [0.4, 0.5) is 0 Å². The molecule has 118 valence electrons. The van der Waals surface area contributed by atoms with Crippen LogP contribution in [0.3, 0.4) is 0 Å². The van der Waals surface area contributed by atoms with E-state index in [-0.39, 0.29) is 11.5 Å². The molecule has 0 aliphatic heterocycles. The smallest absolute Gasteiger partial charge is 0.277 e. The monoisotopic (exact) mass is 331 g/mol. The first-order chi connectivity index (χ1) is 11.0. The van der Waals surface area contributed by atoms with Gasteiger partial charge >= 0.3 is 0 Å². The number of hydroxylamine groups is 2. The van der Waals surface area contributed by atoms with Gasteiger partial charge in [-0.2, -0.15) is 0 Å². The molecule has 0 radical (unpaired) electrons. The molecule has 3 rings (SSSR count). The number of aromatic nitrogens is 2. The van der Waals surface area contributed by atoms with Crippen LogP contribution < -0.4 is 5.56 Å². The van der Waals surface area contributed by atoms with E-state index in [0.717, 1.165) is 10.6 Å². The minimum absolute atomic E-state index is 0.228. The molecular weight excluding hydrogens is 318 g/mol. The first-order valence-electron chi connectivity index (χ1n) is 6.82. The molecule has 23 heavy (non-hydrogen) atoms. The van der Waals surface area contributed by atoms with Gasteiger partial charge < -0.3 is 9.38 Å². The highest BCUT2D eigenvalue weighted by Gasteiger charge is 2.12. The number of H-pyrrole nitrogens is 1. The average Bonchev–Trinajstić information content (AvgIpc) is 2.94. The van der Waals surface area contributed by atoms with Crippen molar-refractivity contribution in [3.63, 3.8) is 0 Å². The van der Waals surface area contributed by atoms with Crippen LogP contribution in [0.15, 0.2) is 47.5 Å². The summed E-state index contributed by atoms with van der Waals surface area (Å²) in [6.07, 6.45) is 3.45. The average molecular weight is 332 g/mol. The van der Waals surface area contributed by atoms with E-state index in [1.54, 1.807) is 47.1 Å². The number of benzene rings is 1. The summed E-state index contributed by atoms with van der Waals surface area (Å²) < 4.78 is 1.67. The molecule has 7 heteroatoms. The number of hydrogen-bond acceptors (Lipinski definition) is 3. The summed E-state index contributed by atoms with van der Waals surface area (Å²) in [7, 11) is 2.96. The van der Waals surface area contributed by atoms with Crippen molar-refractivity contribution in [2.45, 2.75) is 0 Å². The first-order valence-corrected chi connectivity index (χ1v) is 7.20. The Kier molecular flexibility index (Phi) is 3.94. The summed E-state index contributed by atoms with van der Waals surface area (Å²) in [6.45, 7) is 0. The topological polar surface area (TPSA) is 66.8 Å². The number of halogens is 1. The van der Waals surface area contributed by atoms with E-state index in [1.807, 2.05) is 0 Å². The lowest BCUT2D eigenvalue weighted by Gasteiger charge is -2.13. The summed E-state index contributed by atoms with van der Waals surface area (Å²) in [4.78, 5) is 31.7. The largest absolute Gasteiger partial charge is 0.319 e. The highest BCUT2D eigenvalue weighted by Crippen LogP contribution is 2.19. The molecule has 0 unspecified atom stereocenters. The van der Waals surface area contributed by atoms with E-state index < -0.39 is 0 Å². The maximum Gasteiger partial charge on any atom is 0.277 e. The number of nitrogens with zero attached hydrogens (tertiary/aromatic N) is 2. The molecule has 1 amide bonds. The Balaban J connectivity index is 1.99. The maximum atomic E-state index is 12.1. The third-order valence-corrected chi connectivity index (χ3v) is 3.77. The molecule has 2 aromatic heterocycles. The predicted octanol–water partition coefficient (Wildman–Crippen LogP) is 2.58. The number of aromatic amines is 1. The van der Waals surface area contributed by atoms with Crippen molar-refractivity contribution in [2.75, 3.05) is 14.2 Å². The van der Waals surface area contributed by atoms with Gasteiger partial charge in [-0.25, -0.2) is 5.06 Å². The van der Waals surface area contributed by atoms with Crippen LogP contribution in [-0.4, -0.2) is 34.5 Å². The van der Waals surface area contributed by atoms with Crippen LogP contribution in [-0.2, 0) is 4.84 Å². The van der Waals surface area contributed by atoms with Crippen LogP contribution in [0.5, 0.6) is 0 Å². The van der Waals surface area contributed by atoms with Gasteiger partial charge in [0.25, 0.3) is 11.5 Å². The maximum absolute atomic E-state index is 12.1. The summed E-state index contributed by atoms with van der Waals surface area (Å²) in [6, 6.07) is 8.49. The Morgan fingerprint density at radius 1 is 1.26 bits per heavy atom. The number of hydrogen-bond donors (Lipinski definition) is 1. The van der Waals surface area contributed by atoms with Crippen molar-refractivity contribution < 1.29 is 9.63 Å². The quantitative estimate of drug-likeness (QED) is 0.750. The summed E-state index contributed by atoms with van der Waals surface area (Å²) in [5, 5.41) is 1.64. The Morgan fingerprint density at radius 3 is 2.61 bits per heavy atom. The second-order valence-corrected chi connectivity index (χ2v) is 5.45. The number of amides is 1. The molecule has 3 aromatic rings. The van der Waals surface area contributed by atoms with Crippen molar-refractivity contribution in [1.29, 1.82) is 0 Å². The van der Waals surface area contributed by atoms with Crippen molar-refractivity contribution in [1.82, 2.24) is 14.4 Å². The van der Waals surface area contributed by atoms with Gasteiger partial charge in [0.2, 0.25) is 0 Å². The first kappa shape index (κ1) is 15.3. The van der Waals surface area contributed by atoms with Gasteiger partial charge in [-0.1, -0.05) is 23.7 Å². The second kappa shape index (κ2) is 5.91. The Morgan fingerprint density at radius 2 is 1.96 bits per heavy atom. The summed E-state index contributed by atoms with van der Waals surface area (Å²) in [5.41, 5.74) is 2.16. The molecule has 0 saturated carbocycles. The lowest BCUT2D eigenvalue weighted by molar-refractivity contribution is -0.0756. The Labute approximate surface area is 136 Å². The number of carbonyl (C=O) groups is 1. The number of carbonyl (C=O) groups excluding carboxylic acids is 1. The molecule has 0 spiro atoms. The van der Waals surface area contributed by atoms with Gasteiger partial charge in [-0.05, 0) is 23.8 Å². The normalized spacial score (nSPS) is 10.9. The molecular formula is C16H14ClN3O3. The van der Waals surface area contributed by atoms with Crippen LogP contribution in [0.2, 0.25) is 5.02 Å². The lowest BCUT2D eigenvalue weighted by atomic mass is 10.1. The number of rotatable bonds is 3. The SMILES string of the molecule is CON(C)C(=O)c1ccc(-c2cn3cc(Cl)cc3c(=O)[nH]2)cc1. The molecule has 0 saturated heterocycles. The molecule has 0 atom stereocenters. The highest BCUT2D eigenvalue weighted by atomic mass is 35.5. The van der Waals surface area contributed by atoms with Crippen molar-refractivity contribution in [3.05, 3.63) is 63.7 Å². The van der Waals surface area contributed by atoms with E-state index in [4.69, 9.17) is 16.4 Å². The molecule has 1 N–H and O–H groups in total. The van der Waals surface area contributed by atoms with Crippen LogP contribution in [0.25, 0.3) is 16.8 Å². The molecule has 0 bridgehead atoms. The van der Waals surface area contributed by atoms with Gasteiger partial charge in [-0.15, -0.1) is 0 Å². The standard InChI is InChI=1S/C16H14ClN3O3/c1-19(23-2)16(22)11-5-3-10(4-6-11)13-9-20-8-12(17)7-14(20)15(21)18-13/h3-9H,1-2H3,(H,18,21). The van der Waals surface area contributed by atoms with Gasteiger partial charge in [0.1, 0.15) is 5.52 Å². The van der Waals surface area contributed by atoms with Crippen molar-refractivity contribution in [3.8, 4) is 11.3 Å². The zero-order valence-corrected chi connectivity index (χ0v) is 13.3. The zero-order valence-electron chi connectivity index (χ0n) is 12.5. The summed E-state index contributed by atoms with van der Waals surface area (Å²) >= 11 is 5.92.